The number of halogens is 1. The molecule has 1 aliphatic rings. The van der Waals surface area contributed by atoms with E-state index in [1.165, 1.54) is 0 Å². The summed E-state index contributed by atoms with van der Waals surface area (Å²) in [6.07, 6.45) is 0. The summed E-state index contributed by atoms with van der Waals surface area (Å²) in [6.45, 7) is 4.86. The summed E-state index contributed by atoms with van der Waals surface area (Å²) in [6, 6.07) is 6.38. The van der Waals surface area contributed by atoms with Gasteiger partial charge in [-0.1, -0.05) is 0 Å². The van der Waals surface area contributed by atoms with E-state index in [0.29, 0.717) is 31.1 Å². The molecule has 4 N–H and O–H groups in total. The maximum Gasteiger partial charge on any atom is 0.240 e. The van der Waals surface area contributed by atoms with Crippen LogP contribution in [-0.4, -0.2) is 55.6 Å². The Kier molecular flexibility index (Phi) is 7.97. The highest BCUT2D eigenvalue weighted by atomic mass is 35.5. The second-order valence-corrected chi connectivity index (χ2v) is 5.29. The predicted molar refractivity (Wildman–Crippen MR) is 91.9 cm³/mol. The number of anilines is 2. The van der Waals surface area contributed by atoms with Crippen molar-refractivity contribution in [3.63, 3.8) is 0 Å². The average molecular weight is 343 g/mol. The Bertz CT molecular complexity index is 516. The lowest BCUT2D eigenvalue weighted by Crippen LogP contribution is -2.41. The highest BCUT2D eigenvalue weighted by Gasteiger charge is 2.14. The molecule has 1 fully saturated rings. The summed E-state index contributed by atoms with van der Waals surface area (Å²) >= 11 is 0. The van der Waals surface area contributed by atoms with Gasteiger partial charge in [-0.2, -0.15) is 0 Å². The van der Waals surface area contributed by atoms with Gasteiger partial charge in [0.2, 0.25) is 11.8 Å². The zero-order valence-electron chi connectivity index (χ0n) is 13.1. The number of morpholine rings is 1. The number of ether oxygens (including phenoxy) is 1. The molecule has 1 saturated heterocycles. The normalized spacial score (nSPS) is 16.1. The van der Waals surface area contributed by atoms with E-state index in [1.54, 1.807) is 31.2 Å². The summed E-state index contributed by atoms with van der Waals surface area (Å²) in [5, 5.41) is 5.52. The number of rotatable bonds is 5. The van der Waals surface area contributed by atoms with Crippen molar-refractivity contribution in [1.82, 2.24) is 4.90 Å². The molecule has 1 unspecified atom stereocenters. The van der Waals surface area contributed by atoms with Crippen molar-refractivity contribution in [1.29, 1.82) is 0 Å². The Balaban J connectivity index is 0.00000264. The first-order chi connectivity index (χ1) is 10.5. The van der Waals surface area contributed by atoms with Gasteiger partial charge in [-0.3, -0.25) is 14.5 Å². The largest absolute Gasteiger partial charge is 0.379 e. The minimum Gasteiger partial charge on any atom is -0.379 e. The Morgan fingerprint density at radius 2 is 1.70 bits per heavy atom. The first-order valence-electron chi connectivity index (χ1n) is 7.31. The third-order valence-electron chi connectivity index (χ3n) is 3.32. The SMILES string of the molecule is CC(N)C(=O)Nc1ccc(NC(=O)CN2CCOCC2)cc1.Cl. The minimum atomic E-state index is -0.562. The first-order valence-corrected chi connectivity index (χ1v) is 7.31. The predicted octanol–water partition coefficient (Wildman–Crippen LogP) is 0.665. The van der Waals surface area contributed by atoms with Crippen LogP contribution >= 0.6 is 12.4 Å². The van der Waals surface area contributed by atoms with E-state index in [1.807, 2.05) is 0 Å². The van der Waals surface area contributed by atoms with Gasteiger partial charge < -0.3 is 21.1 Å². The number of hydrogen-bond donors (Lipinski definition) is 3. The number of amides is 2. The maximum atomic E-state index is 12.0. The van der Waals surface area contributed by atoms with Gasteiger partial charge in [0.25, 0.3) is 0 Å². The third kappa shape index (κ3) is 6.54. The zero-order chi connectivity index (χ0) is 15.9. The smallest absolute Gasteiger partial charge is 0.240 e. The molecule has 0 aromatic heterocycles. The van der Waals surface area contributed by atoms with Crippen molar-refractivity contribution >= 4 is 35.6 Å². The molecule has 23 heavy (non-hydrogen) atoms. The van der Waals surface area contributed by atoms with E-state index < -0.39 is 6.04 Å². The standard InChI is InChI=1S/C15H22N4O3.ClH/c1-11(16)15(21)18-13-4-2-12(3-5-13)17-14(20)10-19-6-8-22-9-7-19;/h2-5,11H,6-10,16H2,1H3,(H,17,20)(H,18,21);1H. The summed E-state index contributed by atoms with van der Waals surface area (Å²) in [5.74, 6) is -0.307. The number of carbonyl (C=O) groups is 2. The molecular weight excluding hydrogens is 320 g/mol. The molecule has 0 saturated carbocycles. The summed E-state index contributed by atoms with van der Waals surface area (Å²) in [7, 11) is 0. The second kappa shape index (κ2) is 9.46. The molecule has 0 radical (unpaired) electrons. The molecule has 0 bridgehead atoms. The van der Waals surface area contributed by atoms with Gasteiger partial charge in [-0.05, 0) is 31.2 Å². The molecule has 7 nitrogen and oxygen atoms in total. The number of benzene rings is 1. The van der Waals surface area contributed by atoms with E-state index in [-0.39, 0.29) is 24.2 Å². The molecule has 1 atom stereocenters. The van der Waals surface area contributed by atoms with Gasteiger partial charge in [-0.15, -0.1) is 12.4 Å². The molecule has 2 amide bonds. The Morgan fingerprint density at radius 1 is 1.17 bits per heavy atom. The molecule has 1 heterocycles. The highest BCUT2D eigenvalue weighted by Crippen LogP contribution is 2.13. The van der Waals surface area contributed by atoms with Crippen molar-refractivity contribution in [2.45, 2.75) is 13.0 Å². The second-order valence-electron chi connectivity index (χ2n) is 5.29. The summed E-state index contributed by atoms with van der Waals surface area (Å²) in [4.78, 5) is 25.5. The average Bonchev–Trinajstić information content (AvgIpc) is 2.50. The molecular formula is C15H23ClN4O3. The van der Waals surface area contributed by atoms with Gasteiger partial charge in [0, 0.05) is 24.5 Å². The van der Waals surface area contributed by atoms with E-state index in [2.05, 4.69) is 15.5 Å². The molecule has 1 aromatic rings. The monoisotopic (exact) mass is 342 g/mol. The lowest BCUT2D eigenvalue weighted by atomic mass is 10.2. The van der Waals surface area contributed by atoms with Crippen LogP contribution < -0.4 is 16.4 Å². The van der Waals surface area contributed by atoms with Gasteiger partial charge in [0.15, 0.2) is 0 Å². The van der Waals surface area contributed by atoms with Crippen molar-refractivity contribution < 1.29 is 14.3 Å². The fraction of sp³-hybridized carbons (Fsp3) is 0.467. The quantitative estimate of drug-likeness (QED) is 0.730. The van der Waals surface area contributed by atoms with Crippen molar-refractivity contribution in [3.05, 3.63) is 24.3 Å². The third-order valence-corrected chi connectivity index (χ3v) is 3.32. The van der Waals surface area contributed by atoms with Gasteiger partial charge in [0.1, 0.15) is 0 Å². The van der Waals surface area contributed by atoms with E-state index in [0.717, 1.165) is 13.1 Å². The molecule has 0 aliphatic carbocycles. The molecule has 1 aliphatic heterocycles. The Morgan fingerprint density at radius 3 is 2.22 bits per heavy atom. The van der Waals surface area contributed by atoms with Crippen LogP contribution in [0.25, 0.3) is 0 Å². The lowest BCUT2D eigenvalue weighted by molar-refractivity contribution is -0.118. The lowest BCUT2D eigenvalue weighted by Gasteiger charge is -2.25. The fourth-order valence-corrected chi connectivity index (χ4v) is 2.06. The molecule has 8 heteroatoms. The fourth-order valence-electron chi connectivity index (χ4n) is 2.06. The molecule has 0 spiro atoms. The van der Waals surface area contributed by atoms with Crippen LogP contribution in [-0.2, 0) is 14.3 Å². The maximum absolute atomic E-state index is 12.0. The molecule has 1 aromatic carbocycles. The molecule has 128 valence electrons. The van der Waals surface area contributed by atoms with Crippen LogP contribution in [0.15, 0.2) is 24.3 Å². The van der Waals surface area contributed by atoms with Crippen molar-refractivity contribution in [2.75, 3.05) is 43.5 Å². The Labute approximate surface area is 141 Å². The Hall–Kier alpha value is -1.67. The van der Waals surface area contributed by atoms with E-state index in [9.17, 15) is 9.59 Å². The number of carbonyl (C=O) groups excluding carboxylic acids is 2. The van der Waals surface area contributed by atoms with Crippen LogP contribution in [0.4, 0.5) is 11.4 Å². The van der Waals surface area contributed by atoms with E-state index in [4.69, 9.17) is 10.5 Å². The molecule has 2 rings (SSSR count). The topological polar surface area (TPSA) is 96.7 Å². The van der Waals surface area contributed by atoms with E-state index >= 15 is 0 Å². The summed E-state index contributed by atoms with van der Waals surface area (Å²) < 4.78 is 5.24. The zero-order valence-corrected chi connectivity index (χ0v) is 13.9. The van der Waals surface area contributed by atoms with Crippen LogP contribution in [0.1, 0.15) is 6.92 Å². The van der Waals surface area contributed by atoms with Gasteiger partial charge in [0.05, 0.1) is 25.8 Å². The highest BCUT2D eigenvalue weighted by molar-refractivity contribution is 5.95. The van der Waals surface area contributed by atoms with Crippen molar-refractivity contribution in [3.8, 4) is 0 Å². The number of nitrogens with two attached hydrogens (primary N) is 1. The van der Waals surface area contributed by atoms with Gasteiger partial charge >= 0.3 is 0 Å². The van der Waals surface area contributed by atoms with Crippen LogP contribution in [0.2, 0.25) is 0 Å². The summed E-state index contributed by atoms with van der Waals surface area (Å²) in [5.41, 5.74) is 6.82. The minimum absolute atomic E-state index is 0. The number of nitrogens with zero attached hydrogens (tertiary/aromatic N) is 1. The number of nitrogens with one attached hydrogen (secondary N) is 2. The van der Waals surface area contributed by atoms with Crippen LogP contribution in [0, 0.1) is 0 Å². The first kappa shape index (κ1) is 19.4. The van der Waals surface area contributed by atoms with Crippen LogP contribution in [0.3, 0.4) is 0 Å². The van der Waals surface area contributed by atoms with Crippen LogP contribution in [0.5, 0.6) is 0 Å². The van der Waals surface area contributed by atoms with Crippen molar-refractivity contribution in [2.24, 2.45) is 5.73 Å². The number of hydrogen-bond acceptors (Lipinski definition) is 5. The van der Waals surface area contributed by atoms with Gasteiger partial charge in [-0.25, -0.2) is 0 Å².